The van der Waals surface area contributed by atoms with Crippen molar-refractivity contribution in [3.63, 3.8) is 0 Å². The van der Waals surface area contributed by atoms with Crippen molar-refractivity contribution in [3.8, 4) is 11.1 Å². The predicted octanol–water partition coefficient (Wildman–Crippen LogP) is 8.04. The third kappa shape index (κ3) is 6.36. The first-order valence-corrected chi connectivity index (χ1v) is 19.8. The number of hydrogen-bond acceptors (Lipinski definition) is 2. The Morgan fingerprint density at radius 1 is 0.559 bits per heavy atom. The Morgan fingerprint density at radius 3 is 1.50 bits per heavy atom. The molecule has 0 saturated carbocycles. The van der Waals surface area contributed by atoms with Crippen LogP contribution in [0.1, 0.15) is 5.56 Å². The monoisotopic (exact) mass is 514 g/mol. The van der Waals surface area contributed by atoms with E-state index in [1.54, 1.807) is 0 Å². The van der Waals surface area contributed by atoms with E-state index >= 15 is 0 Å². The van der Waals surface area contributed by atoms with E-state index in [1.165, 1.54) is 36.9 Å². The Hall–Kier alpha value is -1.99. The van der Waals surface area contributed by atoms with Crippen molar-refractivity contribution in [2.45, 2.75) is 53.5 Å². The number of benzene rings is 4. The van der Waals surface area contributed by atoms with Crippen molar-refractivity contribution in [2.75, 3.05) is 0 Å². The summed E-state index contributed by atoms with van der Waals surface area (Å²) < 4.78 is 0. The lowest BCUT2D eigenvalue weighted by atomic mass is 10.1. The van der Waals surface area contributed by atoms with Gasteiger partial charge < -0.3 is 0 Å². The zero-order valence-electron chi connectivity index (χ0n) is 20.8. The molecule has 0 aliphatic rings. The van der Waals surface area contributed by atoms with E-state index in [-0.39, 0.29) is 0 Å². The van der Waals surface area contributed by atoms with Gasteiger partial charge in [0.25, 0.3) is 0 Å². The lowest BCUT2D eigenvalue weighted by Crippen LogP contribution is -2.43. The molecule has 0 unspecified atom stereocenters. The summed E-state index contributed by atoms with van der Waals surface area (Å²) in [6.07, 6.45) is 0. The molecule has 0 saturated heterocycles. The average Bonchev–Trinajstić information content (AvgIpc) is 2.81. The summed E-state index contributed by atoms with van der Waals surface area (Å²) in [5.41, 5.74) is 3.94. The van der Waals surface area contributed by atoms with Crippen molar-refractivity contribution in [3.05, 3.63) is 103 Å². The summed E-state index contributed by atoms with van der Waals surface area (Å²) in [6, 6.07) is 37.1. The molecule has 0 bridgehead atoms. The molecule has 0 aromatic heterocycles. The molecule has 0 fully saturated rings. The summed E-state index contributed by atoms with van der Waals surface area (Å²) in [4.78, 5) is 3.62. The van der Waals surface area contributed by atoms with Crippen LogP contribution in [0.15, 0.2) is 112 Å². The van der Waals surface area contributed by atoms with Crippen molar-refractivity contribution < 1.29 is 0 Å². The fourth-order valence-corrected chi connectivity index (χ4v) is 8.88. The van der Waals surface area contributed by atoms with Crippen LogP contribution in [0.3, 0.4) is 0 Å². The molecule has 34 heavy (non-hydrogen) atoms. The molecule has 0 N–H and O–H groups in total. The molecule has 0 spiro atoms. The van der Waals surface area contributed by atoms with Crippen LogP contribution >= 0.6 is 24.4 Å². The topological polar surface area (TPSA) is 0 Å². The van der Waals surface area contributed by atoms with E-state index in [0.717, 1.165) is 10.9 Å². The van der Waals surface area contributed by atoms with Crippen molar-refractivity contribution in [1.29, 1.82) is 0 Å². The second-order valence-corrected chi connectivity index (χ2v) is 22.1. The minimum Gasteiger partial charge on any atom is -0.143 e. The fraction of sp³-hybridized carbons (Fsp3) is 0.200. The second kappa shape index (κ2) is 10.3. The molecule has 0 amide bonds. The predicted molar refractivity (Wildman–Crippen MR) is 160 cm³/mol. The largest absolute Gasteiger partial charge is 0.143 e. The maximum atomic E-state index is 4.39. The minimum atomic E-state index is -1.58. The molecule has 0 heterocycles. The van der Waals surface area contributed by atoms with Gasteiger partial charge in [0.2, 0.25) is 0 Å². The SMILES string of the molecule is C[Si](C)(C)c1ccc(Sc2ccc(C[Si](C)(C)c3ccc(-c4ccc(S)cc4)cc3)cc2)cc1. The Labute approximate surface area is 217 Å². The molecule has 0 nitrogen and oxygen atoms in total. The number of thiol groups is 1. The highest BCUT2D eigenvalue weighted by atomic mass is 32.2. The molecule has 4 aromatic carbocycles. The molecule has 174 valence electrons. The van der Waals surface area contributed by atoms with Crippen molar-refractivity contribution in [1.82, 2.24) is 0 Å². The first kappa shape index (κ1) is 25.1. The third-order valence-electron chi connectivity index (χ3n) is 6.39. The van der Waals surface area contributed by atoms with Gasteiger partial charge in [0.15, 0.2) is 0 Å². The molecule has 0 aliphatic heterocycles. The smallest absolute Gasteiger partial charge is 0.0849 e. The highest BCUT2D eigenvalue weighted by Crippen LogP contribution is 2.28. The quantitative estimate of drug-likeness (QED) is 0.192. The van der Waals surface area contributed by atoms with Gasteiger partial charge in [-0.25, -0.2) is 0 Å². The Kier molecular flexibility index (Phi) is 7.63. The molecule has 0 radical (unpaired) electrons. The van der Waals surface area contributed by atoms with Gasteiger partial charge in [-0.1, -0.05) is 121 Å². The number of hydrogen-bond donors (Lipinski definition) is 1. The van der Waals surface area contributed by atoms with Crippen LogP contribution in [0.5, 0.6) is 0 Å². The highest BCUT2D eigenvalue weighted by Gasteiger charge is 2.24. The van der Waals surface area contributed by atoms with Gasteiger partial charge in [0.1, 0.15) is 0 Å². The molecule has 4 rings (SSSR count). The minimum absolute atomic E-state index is 0.998. The highest BCUT2D eigenvalue weighted by molar-refractivity contribution is 7.99. The van der Waals surface area contributed by atoms with Crippen LogP contribution in [0.25, 0.3) is 11.1 Å². The van der Waals surface area contributed by atoms with Gasteiger partial charge in [-0.3, -0.25) is 0 Å². The standard InChI is InChI=1S/C30H34S2Si2/c1-33(2,3)29-20-16-28(17-21-29)32-27-14-6-23(7-15-27)22-34(4,5)30-18-10-25(11-19-30)24-8-12-26(31)13-9-24/h6-21,31H,22H2,1-5H3. The van der Waals surface area contributed by atoms with Crippen molar-refractivity contribution in [2.24, 2.45) is 0 Å². The van der Waals surface area contributed by atoms with E-state index in [9.17, 15) is 0 Å². The van der Waals surface area contributed by atoms with Crippen LogP contribution in [0, 0.1) is 0 Å². The second-order valence-electron chi connectivity index (χ2n) is 10.7. The maximum absolute atomic E-state index is 4.39. The Morgan fingerprint density at radius 2 is 1.00 bits per heavy atom. The van der Waals surface area contributed by atoms with E-state index < -0.39 is 16.1 Å². The summed E-state index contributed by atoms with van der Waals surface area (Å²) in [6.45, 7) is 12.1. The molecule has 0 atom stereocenters. The van der Waals surface area contributed by atoms with Crippen LogP contribution in [0.2, 0.25) is 32.7 Å². The fourth-order valence-electron chi connectivity index (χ4n) is 4.21. The van der Waals surface area contributed by atoms with E-state index in [4.69, 9.17) is 0 Å². The Bertz CT molecular complexity index is 1220. The van der Waals surface area contributed by atoms with Gasteiger partial charge in [-0.05, 0) is 53.6 Å². The average molecular weight is 515 g/mol. The van der Waals surface area contributed by atoms with Gasteiger partial charge in [-0.2, -0.15) is 0 Å². The van der Waals surface area contributed by atoms with Crippen LogP contribution < -0.4 is 10.4 Å². The van der Waals surface area contributed by atoms with Crippen LogP contribution in [-0.4, -0.2) is 16.1 Å². The summed E-state index contributed by atoms with van der Waals surface area (Å²) >= 11 is 6.25. The molecular formula is C30H34S2Si2. The molecule has 0 aliphatic carbocycles. The third-order valence-corrected chi connectivity index (χ3v) is 13.0. The molecule has 4 aromatic rings. The van der Waals surface area contributed by atoms with Crippen LogP contribution in [0.4, 0.5) is 0 Å². The zero-order chi connectivity index (χ0) is 24.3. The first-order chi connectivity index (χ1) is 16.1. The van der Waals surface area contributed by atoms with Gasteiger partial charge in [0, 0.05) is 14.7 Å². The van der Waals surface area contributed by atoms with E-state index in [1.807, 2.05) is 11.8 Å². The maximum Gasteiger partial charge on any atom is 0.0849 e. The lowest BCUT2D eigenvalue weighted by Gasteiger charge is -2.23. The Balaban J connectivity index is 1.41. The summed E-state index contributed by atoms with van der Waals surface area (Å²) in [5.74, 6) is 0. The number of rotatable bonds is 7. The van der Waals surface area contributed by atoms with Crippen molar-refractivity contribution >= 4 is 50.9 Å². The van der Waals surface area contributed by atoms with Crippen LogP contribution in [-0.2, 0) is 6.04 Å². The van der Waals surface area contributed by atoms with E-state index in [0.29, 0.717) is 0 Å². The van der Waals surface area contributed by atoms with Gasteiger partial charge >= 0.3 is 0 Å². The van der Waals surface area contributed by atoms with Gasteiger partial charge in [-0.15, -0.1) is 12.6 Å². The molecule has 4 heteroatoms. The van der Waals surface area contributed by atoms with E-state index in [2.05, 4.69) is 142 Å². The lowest BCUT2D eigenvalue weighted by molar-refractivity contribution is 1.28. The normalized spacial score (nSPS) is 12.1. The summed E-state index contributed by atoms with van der Waals surface area (Å²) in [5, 5.41) is 3.02. The first-order valence-electron chi connectivity index (χ1n) is 11.9. The van der Waals surface area contributed by atoms with Gasteiger partial charge in [0.05, 0.1) is 16.1 Å². The summed E-state index contributed by atoms with van der Waals surface area (Å²) in [7, 11) is -2.82. The zero-order valence-corrected chi connectivity index (χ0v) is 24.5. The molecular weight excluding hydrogens is 481 g/mol.